The number of thioether (sulfide) groups is 1. The van der Waals surface area contributed by atoms with E-state index in [-0.39, 0.29) is 5.56 Å². The van der Waals surface area contributed by atoms with E-state index in [2.05, 4.69) is 24.3 Å². The summed E-state index contributed by atoms with van der Waals surface area (Å²) in [6.07, 6.45) is 2.01. The van der Waals surface area contributed by atoms with Crippen LogP contribution in [0.3, 0.4) is 0 Å². The molecule has 1 heterocycles. The van der Waals surface area contributed by atoms with Gasteiger partial charge in [0.2, 0.25) is 0 Å². The third-order valence-electron chi connectivity index (χ3n) is 4.91. The van der Waals surface area contributed by atoms with E-state index in [4.69, 9.17) is 16.6 Å². The van der Waals surface area contributed by atoms with Crippen LogP contribution in [0.2, 0.25) is 5.02 Å². The Morgan fingerprint density at radius 1 is 0.966 bits per heavy atom. The fraction of sp³-hybridized carbons (Fsp3) is 0.167. The largest absolute Gasteiger partial charge is 0.268 e. The number of hydrogen-bond acceptors (Lipinski definition) is 3. The Bertz CT molecular complexity index is 1200. The highest BCUT2D eigenvalue weighted by Gasteiger charge is 2.15. The van der Waals surface area contributed by atoms with E-state index in [1.165, 1.54) is 5.56 Å². The molecule has 0 radical (unpaired) electrons. The standard InChI is InChI=1S/C24H21ClN2OS/c1-17-20(25)13-7-15-22(17)27-23(28)19-12-5-6-14-21(19)26-24(27)29-16-8-11-18-9-3-2-4-10-18/h2-7,9-10,12-15H,8,11,16H2,1H3. The molecule has 0 atom stereocenters. The van der Waals surface area contributed by atoms with Gasteiger partial charge in [-0.15, -0.1) is 0 Å². The second kappa shape index (κ2) is 8.85. The molecular weight excluding hydrogens is 400 g/mol. The van der Waals surface area contributed by atoms with Crippen LogP contribution in [-0.4, -0.2) is 15.3 Å². The van der Waals surface area contributed by atoms with Gasteiger partial charge in [0.25, 0.3) is 5.56 Å². The Kier molecular flexibility index (Phi) is 6.02. The highest BCUT2D eigenvalue weighted by molar-refractivity contribution is 7.99. The number of fused-ring (bicyclic) bond motifs is 1. The Balaban J connectivity index is 1.70. The number of rotatable bonds is 6. The van der Waals surface area contributed by atoms with Crippen molar-refractivity contribution < 1.29 is 0 Å². The summed E-state index contributed by atoms with van der Waals surface area (Å²) in [6, 6.07) is 23.6. The van der Waals surface area contributed by atoms with E-state index in [0.717, 1.165) is 35.4 Å². The van der Waals surface area contributed by atoms with Crippen molar-refractivity contribution in [2.75, 3.05) is 5.75 Å². The quantitative estimate of drug-likeness (QED) is 0.215. The van der Waals surface area contributed by atoms with Gasteiger partial charge >= 0.3 is 0 Å². The van der Waals surface area contributed by atoms with Crippen LogP contribution < -0.4 is 5.56 Å². The number of para-hydroxylation sites is 1. The average molecular weight is 421 g/mol. The van der Waals surface area contributed by atoms with Crippen molar-refractivity contribution >= 4 is 34.3 Å². The number of hydrogen-bond donors (Lipinski definition) is 0. The average Bonchev–Trinajstić information content (AvgIpc) is 2.75. The maximum absolute atomic E-state index is 13.3. The maximum atomic E-state index is 13.3. The molecular formula is C24H21ClN2OS. The van der Waals surface area contributed by atoms with E-state index in [9.17, 15) is 4.79 Å². The molecule has 3 nitrogen and oxygen atoms in total. The molecule has 0 spiro atoms. The fourth-order valence-electron chi connectivity index (χ4n) is 3.34. The van der Waals surface area contributed by atoms with Gasteiger partial charge in [0.1, 0.15) is 0 Å². The first-order chi connectivity index (χ1) is 14.1. The molecule has 0 bridgehead atoms. The van der Waals surface area contributed by atoms with Crippen molar-refractivity contribution in [1.29, 1.82) is 0 Å². The summed E-state index contributed by atoms with van der Waals surface area (Å²) in [5, 5.41) is 1.95. The van der Waals surface area contributed by atoms with Crippen LogP contribution in [0.25, 0.3) is 16.6 Å². The summed E-state index contributed by atoms with van der Waals surface area (Å²) >= 11 is 7.95. The van der Waals surface area contributed by atoms with Crippen molar-refractivity contribution in [3.05, 3.63) is 99.3 Å². The van der Waals surface area contributed by atoms with E-state index < -0.39 is 0 Å². The van der Waals surface area contributed by atoms with Gasteiger partial charge in [-0.3, -0.25) is 9.36 Å². The topological polar surface area (TPSA) is 34.9 Å². The molecule has 0 saturated heterocycles. The Morgan fingerprint density at radius 3 is 2.55 bits per heavy atom. The number of benzene rings is 3. The minimum absolute atomic E-state index is 0.0634. The number of aryl methyl sites for hydroxylation is 1. The molecule has 0 aliphatic rings. The van der Waals surface area contributed by atoms with E-state index in [1.54, 1.807) is 16.3 Å². The van der Waals surface area contributed by atoms with Gasteiger partial charge in [-0.25, -0.2) is 4.98 Å². The number of nitrogens with zero attached hydrogens (tertiary/aromatic N) is 2. The van der Waals surface area contributed by atoms with Gasteiger partial charge < -0.3 is 0 Å². The molecule has 0 aliphatic carbocycles. The van der Waals surface area contributed by atoms with E-state index in [0.29, 0.717) is 15.6 Å². The summed E-state index contributed by atoms with van der Waals surface area (Å²) < 4.78 is 1.71. The first-order valence-electron chi connectivity index (χ1n) is 9.59. The SMILES string of the molecule is Cc1c(Cl)cccc1-n1c(SCCCc2ccccc2)nc2ccccc2c1=O. The van der Waals surface area contributed by atoms with E-state index in [1.807, 2.05) is 55.5 Å². The molecule has 0 amide bonds. The molecule has 0 aliphatic heterocycles. The molecule has 0 unspecified atom stereocenters. The highest BCUT2D eigenvalue weighted by Crippen LogP contribution is 2.27. The first kappa shape index (κ1) is 19.7. The summed E-state index contributed by atoms with van der Waals surface area (Å²) in [5.41, 5.74) is 3.64. The molecule has 1 aromatic heterocycles. The predicted molar refractivity (Wildman–Crippen MR) is 123 cm³/mol. The second-order valence-electron chi connectivity index (χ2n) is 6.87. The normalized spacial score (nSPS) is 11.1. The molecule has 0 saturated carbocycles. The van der Waals surface area contributed by atoms with Crippen LogP contribution in [0, 0.1) is 6.92 Å². The summed E-state index contributed by atoms with van der Waals surface area (Å²) in [5.74, 6) is 0.874. The van der Waals surface area contributed by atoms with E-state index >= 15 is 0 Å². The molecule has 29 heavy (non-hydrogen) atoms. The lowest BCUT2D eigenvalue weighted by molar-refractivity contribution is 0.811. The van der Waals surface area contributed by atoms with Crippen molar-refractivity contribution in [3.63, 3.8) is 0 Å². The molecule has 0 fully saturated rings. The lowest BCUT2D eigenvalue weighted by Crippen LogP contribution is -2.22. The minimum atomic E-state index is -0.0634. The van der Waals surface area contributed by atoms with Crippen molar-refractivity contribution in [1.82, 2.24) is 9.55 Å². The van der Waals surface area contributed by atoms with Gasteiger partial charge in [0, 0.05) is 10.8 Å². The number of halogens is 1. The lowest BCUT2D eigenvalue weighted by atomic mass is 10.1. The van der Waals surface area contributed by atoms with Gasteiger partial charge in [0.05, 0.1) is 16.6 Å². The third-order valence-corrected chi connectivity index (χ3v) is 6.34. The minimum Gasteiger partial charge on any atom is -0.268 e. The zero-order valence-corrected chi connectivity index (χ0v) is 17.7. The van der Waals surface area contributed by atoms with Gasteiger partial charge in [-0.05, 0) is 55.2 Å². The molecule has 4 rings (SSSR count). The molecule has 0 N–H and O–H groups in total. The molecule has 5 heteroatoms. The summed E-state index contributed by atoms with van der Waals surface area (Å²) in [4.78, 5) is 18.1. The Hall–Kier alpha value is -2.56. The first-order valence-corrected chi connectivity index (χ1v) is 11.0. The molecule has 146 valence electrons. The van der Waals surface area contributed by atoms with Gasteiger partial charge in [-0.2, -0.15) is 0 Å². The summed E-state index contributed by atoms with van der Waals surface area (Å²) in [7, 11) is 0. The van der Waals surface area contributed by atoms with Gasteiger partial charge in [-0.1, -0.05) is 71.9 Å². The van der Waals surface area contributed by atoms with Crippen LogP contribution in [0.1, 0.15) is 17.5 Å². The third kappa shape index (κ3) is 4.24. The molecule has 3 aromatic carbocycles. The predicted octanol–water partition coefficient (Wildman–Crippen LogP) is 6.07. The van der Waals surface area contributed by atoms with Crippen LogP contribution in [-0.2, 0) is 6.42 Å². The zero-order valence-electron chi connectivity index (χ0n) is 16.1. The van der Waals surface area contributed by atoms with Crippen LogP contribution in [0.4, 0.5) is 0 Å². The number of aromatic nitrogens is 2. The van der Waals surface area contributed by atoms with Crippen molar-refractivity contribution in [3.8, 4) is 5.69 Å². The van der Waals surface area contributed by atoms with Crippen molar-refractivity contribution in [2.24, 2.45) is 0 Å². The maximum Gasteiger partial charge on any atom is 0.266 e. The fourth-order valence-corrected chi connectivity index (χ4v) is 4.46. The van der Waals surface area contributed by atoms with Crippen LogP contribution in [0.5, 0.6) is 0 Å². The highest BCUT2D eigenvalue weighted by atomic mass is 35.5. The monoisotopic (exact) mass is 420 g/mol. The van der Waals surface area contributed by atoms with Crippen LogP contribution in [0.15, 0.2) is 82.7 Å². The Morgan fingerprint density at radius 2 is 1.72 bits per heavy atom. The lowest BCUT2D eigenvalue weighted by Gasteiger charge is -2.15. The Labute approximate surface area is 179 Å². The van der Waals surface area contributed by atoms with Crippen LogP contribution >= 0.6 is 23.4 Å². The second-order valence-corrected chi connectivity index (χ2v) is 8.34. The van der Waals surface area contributed by atoms with Gasteiger partial charge in [0.15, 0.2) is 5.16 Å². The summed E-state index contributed by atoms with van der Waals surface area (Å²) in [6.45, 7) is 1.93. The van der Waals surface area contributed by atoms with Crippen molar-refractivity contribution in [2.45, 2.75) is 24.9 Å². The smallest absolute Gasteiger partial charge is 0.266 e. The zero-order chi connectivity index (χ0) is 20.2. The molecule has 4 aromatic rings.